The second-order valence-corrected chi connectivity index (χ2v) is 16.1. The van der Waals surface area contributed by atoms with E-state index in [4.69, 9.17) is 0 Å². The maximum absolute atomic E-state index is 12.9. The minimum Gasteiger partial charge on any atom is -0.393 e. The lowest BCUT2D eigenvalue weighted by Crippen LogP contribution is -2.62. The Bertz CT molecular complexity index is 1000. The van der Waals surface area contributed by atoms with Crippen molar-refractivity contribution in [1.82, 2.24) is 4.90 Å². The van der Waals surface area contributed by atoms with Crippen molar-refractivity contribution in [2.75, 3.05) is 13.1 Å². The molecule has 38 heavy (non-hydrogen) atoms. The lowest BCUT2D eigenvalue weighted by molar-refractivity contribution is -0.203. The van der Waals surface area contributed by atoms with Gasteiger partial charge in [-0.15, -0.1) is 0 Å². The van der Waals surface area contributed by atoms with Crippen LogP contribution in [0, 0.1) is 52.3 Å². The highest BCUT2D eigenvalue weighted by molar-refractivity contribution is 7.86. The Balaban J connectivity index is 1.27. The van der Waals surface area contributed by atoms with Crippen LogP contribution in [0.15, 0.2) is 0 Å². The smallest absolute Gasteiger partial charge is 0.269 e. The first-order chi connectivity index (χ1) is 17.8. The molecule has 1 heterocycles. The number of aliphatic hydroxyl groups excluding tert-OH is 2. The molecule has 5 rings (SSSR count). The Hall–Kier alpha value is -0.700. The molecule has 0 spiro atoms. The Morgan fingerprint density at radius 2 is 1.68 bits per heavy atom. The maximum Gasteiger partial charge on any atom is 0.269 e. The van der Waals surface area contributed by atoms with Gasteiger partial charge in [-0.1, -0.05) is 34.1 Å². The minimum atomic E-state index is -4.10. The molecule has 5 aliphatic rings. The molecule has 1 saturated heterocycles. The summed E-state index contributed by atoms with van der Waals surface area (Å²) >= 11 is 0. The highest BCUT2D eigenvalue weighted by Gasteiger charge is 2.64. The van der Waals surface area contributed by atoms with Gasteiger partial charge in [-0.2, -0.15) is 8.42 Å². The first kappa shape index (κ1) is 28.8. The number of likely N-dealkylation sites (tertiary alicyclic amines) is 1. The van der Waals surface area contributed by atoms with Crippen LogP contribution >= 0.6 is 0 Å². The summed E-state index contributed by atoms with van der Waals surface area (Å²) in [6.45, 7) is 9.95. The number of hydrogen-bond donors (Lipinski definition) is 3. The van der Waals surface area contributed by atoms with E-state index in [-0.39, 0.29) is 41.4 Å². The second kappa shape index (κ2) is 10.3. The summed E-state index contributed by atoms with van der Waals surface area (Å²) in [6.07, 6.45) is 9.42. The van der Waals surface area contributed by atoms with E-state index >= 15 is 0 Å². The fourth-order valence-electron chi connectivity index (χ4n) is 10.8. The number of nitrogens with zero attached hydrogens (tertiary/aromatic N) is 1. The molecule has 0 radical (unpaired) electrons. The molecule has 4 aliphatic carbocycles. The van der Waals surface area contributed by atoms with Crippen molar-refractivity contribution >= 4 is 16.0 Å². The summed E-state index contributed by atoms with van der Waals surface area (Å²) < 4.78 is 32.3. The first-order valence-corrected chi connectivity index (χ1v) is 16.9. The van der Waals surface area contributed by atoms with Crippen LogP contribution in [0.25, 0.3) is 0 Å². The van der Waals surface area contributed by atoms with E-state index in [1.165, 1.54) is 6.42 Å². The number of fused-ring (bicyclic) bond motifs is 5. The summed E-state index contributed by atoms with van der Waals surface area (Å²) in [5.41, 5.74) is 0.376. The van der Waals surface area contributed by atoms with E-state index in [0.717, 1.165) is 51.4 Å². The first-order valence-electron chi connectivity index (χ1n) is 15.4. The van der Waals surface area contributed by atoms with E-state index in [0.29, 0.717) is 54.9 Å². The van der Waals surface area contributed by atoms with Gasteiger partial charge in [0.1, 0.15) is 5.25 Å². The summed E-state index contributed by atoms with van der Waals surface area (Å²) in [5, 5.41) is 21.5. The summed E-state index contributed by atoms with van der Waals surface area (Å²) in [4.78, 5) is 14.5. The Labute approximate surface area is 229 Å². The van der Waals surface area contributed by atoms with Crippen molar-refractivity contribution in [2.24, 2.45) is 52.3 Å². The number of aliphatic hydroxyl groups is 2. The maximum atomic E-state index is 12.9. The second-order valence-electron chi connectivity index (χ2n) is 14.4. The van der Waals surface area contributed by atoms with Crippen LogP contribution in [0.2, 0.25) is 0 Å². The van der Waals surface area contributed by atoms with Gasteiger partial charge >= 0.3 is 0 Å². The summed E-state index contributed by atoms with van der Waals surface area (Å²) in [6, 6.07) is 0. The van der Waals surface area contributed by atoms with Crippen LogP contribution in [-0.2, 0) is 14.9 Å². The van der Waals surface area contributed by atoms with Crippen LogP contribution < -0.4 is 0 Å². The van der Waals surface area contributed by atoms with Crippen molar-refractivity contribution in [1.29, 1.82) is 0 Å². The van der Waals surface area contributed by atoms with E-state index in [1.54, 1.807) is 4.90 Å². The summed E-state index contributed by atoms with van der Waals surface area (Å²) in [7, 11) is -4.10. The Morgan fingerprint density at radius 3 is 2.34 bits per heavy atom. The molecule has 0 bridgehead atoms. The van der Waals surface area contributed by atoms with E-state index < -0.39 is 15.4 Å². The van der Waals surface area contributed by atoms with Crippen LogP contribution in [0.5, 0.6) is 0 Å². The molecule has 5 fully saturated rings. The van der Waals surface area contributed by atoms with Gasteiger partial charge in [0.2, 0.25) is 5.91 Å². The third kappa shape index (κ3) is 4.67. The standard InChI is InChI=1S/C30H51NO6S/c1-5-21-25-16-19(32)10-13-30(25,4)24-11-14-29(3)22(7-8-23(29)27(24)28(21)34)18(2)6-9-26(33)31-15-12-20(17-31)38(35,36)37/h18-25,27-28,32,34H,5-17H2,1-4H3,(H,35,36,37)/t18-,19-,20+,21-,22-,23+,24+,25+,27+,28-,29-,30-/m1/s1. The monoisotopic (exact) mass is 553 g/mol. The van der Waals surface area contributed by atoms with E-state index in [9.17, 15) is 28.0 Å². The average Bonchev–Trinajstić information content (AvgIpc) is 3.49. The molecule has 1 amide bonds. The number of amides is 1. The third-order valence-electron chi connectivity index (χ3n) is 12.9. The number of rotatable bonds is 6. The van der Waals surface area contributed by atoms with Crippen molar-refractivity contribution in [2.45, 2.75) is 116 Å². The van der Waals surface area contributed by atoms with Gasteiger partial charge in [-0.05, 0) is 110 Å². The topological polar surface area (TPSA) is 115 Å². The Morgan fingerprint density at radius 1 is 1.00 bits per heavy atom. The van der Waals surface area contributed by atoms with Gasteiger partial charge in [-0.3, -0.25) is 9.35 Å². The van der Waals surface area contributed by atoms with Crippen molar-refractivity contribution in [3.63, 3.8) is 0 Å². The van der Waals surface area contributed by atoms with E-state index in [2.05, 4.69) is 27.7 Å². The van der Waals surface area contributed by atoms with Crippen LogP contribution in [0.3, 0.4) is 0 Å². The molecular weight excluding hydrogens is 502 g/mol. The highest BCUT2D eigenvalue weighted by Crippen LogP contribution is 2.69. The van der Waals surface area contributed by atoms with Gasteiger partial charge in [0.25, 0.3) is 10.1 Å². The number of hydrogen-bond acceptors (Lipinski definition) is 5. The normalized spacial score (nSPS) is 47.8. The average molecular weight is 554 g/mol. The SMILES string of the molecule is CC[C@H]1[C@@H](O)[C@@H]2[C@H](CC[C@]3(C)[C@@H]([C@H](C)CCC(=O)N4CC[C@H](S(=O)(=O)O)C4)CC[C@@H]23)[C@@]2(C)CC[C@@H](O)C[C@@H]12. The van der Waals surface area contributed by atoms with Gasteiger partial charge < -0.3 is 15.1 Å². The quantitative estimate of drug-likeness (QED) is 0.417. The van der Waals surface area contributed by atoms with Crippen LogP contribution in [-0.4, -0.2) is 64.5 Å². The molecule has 12 atom stereocenters. The molecule has 4 saturated carbocycles. The predicted molar refractivity (Wildman–Crippen MR) is 147 cm³/mol. The van der Waals surface area contributed by atoms with Gasteiger partial charge in [-0.25, -0.2) is 0 Å². The molecule has 218 valence electrons. The molecule has 0 unspecified atom stereocenters. The largest absolute Gasteiger partial charge is 0.393 e. The molecule has 0 aromatic carbocycles. The fraction of sp³-hybridized carbons (Fsp3) is 0.967. The zero-order valence-corrected chi connectivity index (χ0v) is 24.7. The summed E-state index contributed by atoms with van der Waals surface area (Å²) in [5.74, 6) is 2.95. The number of carbonyl (C=O) groups excluding carboxylic acids is 1. The van der Waals surface area contributed by atoms with Crippen LogP contribution in [0.1, 0.15) is 98.3 Å². The fourth-order valence-corrected chi connectivity index (χ4v) is 11.6. The van der Waals surface area contributed by atoms with Crippen molar-refractivity contribution in [3.05, 3.63) is 0 Å². The lowest BCUT2D eigenvalue weighted by atomic mass is 9.41. The molecule has 0 aromatic rings. The zero-order chi connectivity index (χ0) is 27.6. The molecule has 8 heteroatoms. The molecule has 1 aliphatic heterocycles. The molecule has 7 nitrogen and oxygen atoms in total. The number of carbonyl (C=O) groups is 1. The lowest BCUT2D eigenvalue weighted by Gasteiger charge is -2.64. The van der Waals surface area contributed by atoms with Gasteiger partial charge in [0, 0.05) is 19.5 Å². The zero-order valence-electron chi connectivity index (χ0n) is 23.9. The van der Waals surface area contributed by atoms with Gasteiger partial charge in [0.05, 0.1) is 12.2 Å². The molecule has 0 aromatic heterocycles. The molecular formula is C30H51NO6S. The predicted octanol–water partition coefficient (Wildman–Crippen LogP) is 4.52. The third-order valence-corrected chi connectivity index (χ3v) is 14.1. The highest BCUT2D eigenvalue weighted by atomic mass is 32.2. The van der Waals surface area contributed by atoms with Crippen molar-refractivity contribution in [3.8, 4) is 0 Å². The van der Waals surface area contributed by atoms with Gasteiger partial charge in [0.15, 0.2) is 0 Å². The van der Waals surface area contributed by atoms with Crippen molar-refractivity contribution < 1.29 is 28.0 Å². The van der Waals surface area contributed by atoms with E-state index in [1.807, 2.05) is 0 Å². The molecule has 3 N–H and O–H groups in total. The van der Waals surface area contributed by atoms with Crippen LogP contribution in [0.4, 0.5) is 0 Å². The minimum absolute atomic E-state index is 0.00153. The Kier molecular flexibility index (Phi) is 7.80.